The fourth-order valence-electron chi connectivity index (χ4n) is 3.96. The monoisotopic (exact) mass is 382 g/mol. The lowest BCUT2D eigenvalue weighted by atomic mass is 10.1. The van der Waals surface area contributed by atoms with Gasteiger partial charge in [0.2, 0.25) is 11.8 Å². The third-order valence-corrected chi connectivity index (χ3v) is 5.44. The average molecular weight is 382 g/mol. The predicted octanol–water partition coefficient (Wildman–Crippen LogP) is 1.48. The molecular formula is C21H26N4O3. The molecule has 148 valence electrons. The van der Waals surface area contributed by atoms with E-state index in [4.69, 9.17) is 4.42 Å². The third-order valence-electron chi connectivity index (χ3n) is 5.44. The molecule has 1 aliphatic carbocycles. The summed E-state index contributed by atoms with van der Waals surface area (Å²) < 4.78 is 5.64. The zero-order chi connectivity index (χ0) is 19.5. The van der Waals surface area contributed by atoms with E-state index < -0.39 is 6.04 Å². The number of amides is 2. The first-order valence-corrected chi connectivity index (χ1v) is 9.89. The first kappa shape index (κ1) is 18.7. The Morgan fingerprint density at radius 3 is 3.11 bits per heavy atom. The maximum atomic E-state index is 12.5. The van der Waals surface area contributed by atoms with E-state index in [0.717, 1.165) is 36.3 Å². The molecule has 2 aromatic heterocycles. The summed E-state index contributed by atoms with van der Waals surface area (Å²) in [7, 11) is 0. The quantitative estimate of drug-likeness (QED) is 0.790. The van der Waals surface area contributed by atoms with Gasteiger partial charge in [-0.2, -0.15) is 0 Å². The van der Waals surface area contributed by atoms with Crippen LogP contribution in [0, 0.1) is 6.92 Å². The molecule has 0 saturated carbocycles. The highest BCUT2D eigenvalue weighted by atomic mass is 16.3. The van der Waals surface area contributed by atoms with Crippen LogP contribution >= 0.6 is 0 Å². The van der Waals surface area contributed by atoms with E-state index in [1.54, 1.807) is 0 Å². The van der Waals surface area contributed by atoms with Crippen LogP contribution in [-0.4, -0.2) is 40.8 Å². The van der Waals surface area contributed by atoms with E-state index in [2.05, 4.69) is 21.7 Å². The summed E-state index contributed by atoms with van der Waals surface area (Å²) in [5, 5.41) is 5.80. The van der Waals surface area contributed by atoms with Crippen LogP contribution in [0.3, 0.4) is 0 Å². The van der Waals surface area contributed by atoms with E-state index >= 15 is 0 Å². The van der Waals surface area contributed by atoms with Crippen LogP contribution in [0.2, 0.25) is 0 Å². The van der Waals surface area contributed by atoms with Gasteiger partial charge in [-0.25, -0.2) is 0 Å². The molecule has 1 atom stereocenters. The molecule has 0 spiro atoms. The second kappa shape index (κ2) is 8.14. The van der Waals surface area contributed by atoms with Gasteiger partial charge in [-0.15, -0.1) is 0 Å². The second-order valence-corrected chi connectivity index (χ2v) is 7.57. The van der Waals surface area contributed by atoms with Gasteiger partial charge in [-0.1, -0.05) is 6.07 Å². The Labute approximate surface area is 164 Å². The molecule has 1 unspecified atom stereocenters. The van der Waals surface area contributed by atoms with Crippen molar-refractivity contribution in [2.24, 2.45) is 0 Å². The summed E-state index contributed by atoms with van der Waals surface area (Å²) in [5.41, 5.74) is 3.47. The van der Waals surface area contributed by atoms with Crippen molar-refractivity contribution in [1.29, 1.82) is 0 Å². The molecule has 0 aromatic carbocycles. The summed E-state index contributed by atoms with van der Waals surface area (Å²) in [6, 6.07) is 5.47. The minimum Gasteiger partial charge on any atom is -0.465 e. The molecule has 2 N–H and O–H groups in total. The van der Waals surface area contributed by atoms with Crippen molar-refractivity contribution >= 4 is 11.8 Å². The lowest BCUT2D eigenvalue weighted by Crippen LogP contribution is -2.56. The topological polar surface area (TPSA) is 87.5 Å². The van der Waals surface area contributed by atoms with Crippen LogP contribution in [0.25, 0.3) is 0 Å². The normalized spacial score (nSPS) is 19.3. The van der Waals surface area contributed by atoms with Crippen LogP contribution in [-0.2, 0) is 35.5 Å². The Kier molecular flexibility index (Phi) is 5.43. The Morgan fingerprint density at radius 2 is 2.29 bits per heavy atom. The first-order chi connectivity index (χ1) is 13.6. The summed E-state index contributed by atoms with van der Waals surface area (Å²) >= 11 is 0. The molecule has 2 aliphatic rings. The highest BCUT2D eigenvalue weighted by molar-refractivity contribution is 5.88. The van der Waals surface area contributed by atoms with E-state index in [-0.39, 0.29) is 18.2 Å². The fourth-order valence-corrected chi connectivity index (χ4v) is 3.96. The summed E-state index contributed by atoms with van der Waals surface area (Å²) in [6.45, 7) is 4.12. The van der Waals surface area contributed by atoms with Crippen molar-refractivity contribution < 1.29 is 14.0 Å². The number of pyridine rings is 1. The first-order valence-electron chi connectivity index (χ1n) is 9.89. The number of carbonyl (C=O) groups is 2. The number of hydrogen-bond donors (Lipinski definition) is 2. The molecule has 3 heterocycles. The lowest BCUT2D eigenvalue weighted by molar-refractivity contribution is -0.134. The van der Waals surface area contributed by atoms with Crippen LogP contribution in [0.5, 0.6) is 0 Å². The lowest BCUT2D eigenvalue weighted by Gasteiger charge is -2.34. The number of nitrogens with one attached hydrogen (secondary N) is 2. The zero-order valence-electron chi connectivity index (χ0n) is 16.2. The average Bonchev–Trinajstić information content (AvgIpc) is 3.31. The van der Waals surface area contributed by atoms with Gasteiger partial charge in [0.1, 0.15) is 11.5 Å². The number of fused-ring (bicyclic) bond motifs is 1. The van der Waals surface area contributed by atoms with Crippen LogP contribution in [0.4, 0.5) is 0 Å². The molecule has 1 saturated heterocycles. The van der Waals surface area contributed by atoms with Crippen LogP contribution in [0.15, 0.2) is 28.8 Å². The number of furan rings is 1. The largest absolute Gasteiger partial charge is 0.465 e. The highest BCUT2D eigenvalue weighted by Gasteiger charge is 2.32. The van der Waals surface area contributed by atoms with Gasteiger partial charge in [0.05, 0.1) is 19.0 Å². The maximum Gasteiger partial charge on any atom is 0.237 e. The molecule has 1 aliphatic heterocycles. The van der Waals surface area contributed by atoms with Gasteiger partial charge < -0.3 is 15.1 Å². The number of rotatable bonds is 6. The number of aromatic nitrogens is 1. The molecule has 4 rings (SSSR count). The van der Waals surface area contributed by atoms with Crippen LogP contribution in [0.1, 0.15) is 41.2 Å². The van der Waals surface area contributed by atoms with Crippen LogP contribution < -0.4 is 10.6 Å². The fraction of sp³-hybridized carbons (Fsp3) is 0.476. The van der Waals surface area contributed by atoms with Crippen molar-refractivity contribution in [3.8, 4) is 0 Å². The van der Waals surface area contributed by atoms with Gasteiger partial charge in [0.15, 0.2) is 0 Å². The summed E-state index contributed by atoms with van der Waals surface area (Å²) in [5.74, 6) is 1.41. The number of aryl methyl sites for hydroxylation is 3. The molecule has 7 nitrogen and oxygen atoms in total. The predicted molar refractivity (Wildman–Crippen MR) is 103 cm³/mol. The number of piperazine rings is 1. The van der Waals surface area contributed by atoms with E-state index in [0.29, 0.717) is 26.2 Å². The Morgan fingerprint density at radius 1 is 1.39 bits per heavy atom. The molecular weight excluding hydrogens is 356 g/mol. The molecule has 1 fully saturated rings. The zero-order valence-corrected chi connectivity index (χ0v) is 16.2. The second-order valence-electron chi connectivity index (χ2n) is 7.57. The van der Waals surface area contributed by atoms with Crippen molar-refractivity contribution in [1.82, 2.24) is 20.5 Å². The van der Waals surface area contributed by atoms with E-state index in [1.807, 2.05) is 30.2 Å². The van der Waals surface area contributed by atoms with Gasteiger partial charge in [-0.3, -0.25) is 19.5 Å². The Balaban J connectivity index is 1.35. The number of nitrogens with zero attached hydrogens (tertiary/aromatic N) is 2. The Bertz CT molecular complexity index is 876. The SMILES string of the molecule is Cc1ccc(CN2CCNC(=O)C2CC(=O)NCc2cnc3c(c2)CCC3)o1. The van der Waals surface area contributed by atoms with Gasteiger partial charge >= 0.3 is 0 Å². The van der Waals surface area contributed by atoms with Crippen molar-refractivity contribution in [3.05, 3.63) is 52.7 Å². The van der Waals surface area contributed by atoms with Gasteiger partial charge in [0, 0.05) is 31.5 Å². The minimum atomic E-state index is -0.489. The summed E-state index contributed by atoms with van der Waals surface area (Å²) in [4.78, 5) is 31.4. The standard InChI is InChI=1S/C21H26N4O3/c1-14-5-6-17(28-14)13-25-8-7-22-21(27)19(25)10-20(26)24-12-15-9-16-3-2-4-18(16)23-11-15/h5-6,9,11,19H,2-4,7-8,10,12-13H2,1H3,(H,22,27)(H,24,26). The Hall–Kier alpha value is -2.67. The summed E-state index contributed by atoms with van der Waals surface area (Å²) in [6.07, 6.45) is 5.23. The van der Waals surface area contributed by atoms with Gasteiger partial charge in [0.25, 0.3) is 0 Å². The highest BCUT2D eigenvalue weighted by Crippen LogP contribution is 2.20. The molecule has 7 heteroatoms. The van der Waals surface area contributed by atoms with Crippen molar-refractivity contribution in [3.63, 3.8) is 0 Å². The number of carbonyl (C=O) groups excluding carboxylic acids is 2. The van der Waals surface area contributed by atoms with Crippen molar-refractivity contribution in [2.45, 2.75) is 51.7 Å². The van der Waals surface area contributed by atoms with E-state index in [9.17, 15) is 9.59 Å². The molecule has 0 radical (unpaired) electrons. The van der Waals surface area contributed by atoms with Gasteiger partial charge in [-0.05, 0) is 49.4 Å². The molecule has 2 amide bonds. The number of hydrogen-bond acceptors (Lipinski definition) is 5. The maximum absolute atomic E-state index is 12.5. The van der Waals surface area contributed by atoms with Crippen molar-refractivity contribution in [2.75, 3.05) is 13.1 Å². The molecule has 2 aromatic rings. The molecule has 0 bridgehead atoms. The van der Waals surface area contributed by atoms with E-state index in [1.165, 1.54) is 11.3 Å². The molecule has 28 heavy (non-hydrogen) atoms. The minimum absolute atomic E-state index is 0.108. The third kappa shape index (κ3) is 4.25. The smallest absolute Gasteiger partial charge is 0.237 e.